The molecule has 3 nitrogen and oxygen atoms in total. The summed E-state index contributed by atoms with van der Waals surface area (Å²) in [6, 6.07) is 1.24. The van der Waals surface area contributed by atoms with E-state index in [9.17, 15) is 0 Å². The third-order valence-corrected chi connectivity index (χ3v) is 5.10. The molecule has 16 heavy (non-hydrogen) atoms. The fraction of sp³-hybridized carbons (Fsp3) is 1.00. The minimum absolute atomic E-state index is 0.409. The van der Waals surface area contributed by atoms with Crippen LogP contribution in [0.25, 0.3) is 0 Å². The van der Waals surface area contributed by atoms with Gasteiger partial charge in [0.15, 0.2) is 0 Å². The van der Waals surface area contributed by atoms with Crippen molar-refractivity contribution in [1.29, 1.82) is 0 Å². The van der Waals surface area contributed by atoms with Crippen LogP contribution in [-0.4, -0.2) is 38.4 Å². The largest absolute Gasteiger partial charge is 0.380 e. The van der Waals surface area contributed by atoms with E-state index in [4.69, 9.17) is 4.74 Å². The van der Waals surface area contributed by atoms with Gasteiger partial charge in [-0.05, 0) is 17.3 Å². The molecule has 2 fully saturated rings. The van der Waals surface area contributed by atoms with E-state index in [2.05, 4.69) is 38.3 Å². The summed E-state index contributed by atoms with van der Waals surface area (Å²) in [4.78, 5) is 0. The van der Waals surface area contributed by atoms with E-state index in [1.165, 1.54) is 0 Å². The van der Waals surface area contributed by atoms with Gasteiger partial charge in [0.25, 0.3) is 0 Å². The standard InChI is InChI=1S/C13H26N2O/c1-12(2)11(13(12,3)4)15-7-9-6-10(16-5)8-14-9/h9-11,14-15H,6-8H2,1-5H3. The van der Waals surface area contributed by atoms with Crippen LogP contribution in [-0.2, 0) is 4.74 Å². The van der Waals surface area contributed by atoms with Crippen LogP contribution in [0.15, 0.2) is 0 Å². The van der Waals surface area contributed by atoms with E-state index in [1.807, 2.05) is 0 Å². The third-order valence-electron chi connectivity index (χ3n) is 5.10. The Bertz CT molecular complexity index is 249. The summed E-state index contributed by atoms with van der Waals surface area (Å²) in [5.41, 5.74) is 0.874. The number of nitrogens with one attached hydrogen (secondary N) is 2. The molecule has 2 atom stereocenters. The van der Waals surface area contributed by atoms with Crippen LogP contribution in [0, 0.1) is 10.8 Å². The van der Waals surface area contributed by atoms with Crippen LogP contribution in [0.3, 0.4) is 0 Å². The molecule has 0 aromatic carbocycles. The summed E-state index contributed by atoms with van der Waals surface area (Å²) in [7, 11) is 1.80. The summed E-state index contributed by atoms with van der Waals surface area (Å²) >= 11 is 0. The maximum absolute atomic E-state index is 5.36. The molecule has 2 rings (SSSR count). The number of rotatable bonds is 4. The van der Waals surface area contributed by atoms with Gasteiger partial charge in [0, 0.05) is 32.3 Å². The average Bonchev–Trinajstić information content (AvgIpc) is 2.60. The predicted molar refractivity (Wildman–Crippen MR) is 66.6 cm³/mol. The molecule has 0 amide bonds. The molecular formula is C13H26N2O. The molecule has 94 valence electrons. The van der Waals surface area contributed by atoms with Gasteiger partial charge in [-0.25, -0.2) is 0 Å². The number of hydrogen-bond acceptors (Lipinski definition) is 3. The van der Waals surface area contributed by atoms with Gasteiger partial charge < -0.3 is 15.4 Å². The van der Waals surface area contributed by atoms with Crippen molar-refractivity contribution in [3.05, 3.63) is 0 Å². The first kappa shape index (κ1) is 12.3. The van der Waals surface area contributed by atoms with Crippen LogP contribution in [0.1, 0.15) is 34.1 Å². The lowest BCUT2D eigenvalue weighted by Gasteiger charge is -2.13. The zero-order valence-corrected chi connectivity index (χ0v) is 11.3. The molecule has 3 heteroatoms. The predicted octanol–water partition coefficient (Wildman–Crippen LogP) is 1.39. The Morgan fingerprint density at radius 3 is 2.31 bits per heavy atom. The lowest BCUT2D eigenvalue weighted by molar-refractivity contribution is 0.117. The van der Waals surface area contributed by atoms with Crippen molar-refractivity contribution >= 4 is 0 Å². The molecule has 0 spiro atoms. The Labute approximate surface area is 99.3 Å². The van der Waals surface area contributed by atoms with Gasteiger partial charge in [-0.15, -0.1) is 0 Å². The number of ether oxygens (including phenoxy) is 1. The smallest absolute Gasteiger partial charge is 0.0711 e. The van der Waals surface area contributed by atoms with Gasteiger partial charge in [-0.3, -0.25) is 0 Å². The van der Waals surface area contributed by atoms with E-state index < -0.39 is 0 Å². The van der Waals surface area contributed by atoms with E-state index in [1.54, 1.807) is 7.11 Å². The Morgan fingerprint density at radius 2 is 1.88 bits per heavy atom. The molecule has 0 aromatic rings. The molecule has 2 aliphatic rings. The molecule has 0 radical (unpaired) electrons. The van der Waals surface area contributed by atoms with Crippen LogP contribution in [0.2, 0.25) is 0 Å². The van der Waals surface area contributed by atoms with Gasteiger partial charge in [0.2, 0.25) is 0 Å². The summed E-state index contributed by atoms with van der Waals surface area (Å²) in [5, 5.41) is 7.21. The van der Waals surface area contributed by atoms with Gasteiger partial charge >= 0.3 is 0 Å². The number of methoxy groups -OCH3 is 1. The van der Waals surface area contributed by atoms with Crippen LogP contribution in [0.5, 0.6) is 0 Å². The molecule has 1 saturated heterocycles. The maximum atomic E-state index is 5.36. The molecule has 2 N–H and O–H groups in total. The highest BCUT2D eigenvalue weighted by atomic mass is 16.5. The lowest BCUT2D eigenvalue weighted by Crippen LogP contribution is -2.36. The molecule has 2 unspecified atom stereocenters. The van der Waals surface area contributed by atoms with Gasteiger partial charge in [-0.2, -0.15) is 0 Å². The van der Waals surface area contributed by atoms with E-state index >= 15 is 0 Å². The number of hydrogen-bond donors (Lipinski definition) is 2. The SMILES string of the molecule is COC1CNC(CNC2C(C)(C)C2(C)C)C1. The third kappa shape index (κ3) is 1.89. The van der Waals surface area contributed by atoms with Crippen molar-refractivity contribution in [1.82, 2.24) is 10.6 Å². The van der Waals surface area contributed by atoms with Gasteiger partial charge in [-0.1, -0.05) is 27.7 Å². The quantitative estimate of drug-likeness (QED) is 0.760. The average molecular weight is 226 g/mol. The summed E-state index contributed by atoms with van der Waals surface area (Å²) in [6.07, 6.45) is 1.55. The van der Waals surface area contributed by atoms with Crippen molar-refractivity contribution in [2.24, 2.45) is 10.8 Å². The first-order valence-electron chi connectivity index (χ1n) is 6.39. The zero-order chi connectivity index (χ0) is 12.0. The highest BCUT2D eigenvalue weighted by Gasteiger charge is 2.64. The molecule has 1 aliphatic heterocycles. The first-order chi connectivity index (χ1) is 7.39. The summed E-state index contributed by atoms with van der Waals surface area (Å²) in [5.74, 6) is 0. The minimum Gasteiger partial charge on any atom is -0.380 e. The van der Waals surface area contributed by atoms with Crippen LogP contribution in [0.4, 0.5) is 0 Å². The van der Waals surface area contributed by atoms with Crippen molar-refractivity contribution in [3.63, 3.8) is 0 Å². The zero-order valence-electron chi connectivity index (χ0n) is 11.3. The minimum atomic E-state index is 0.409. The van der Waals surface area contributed by atoms with E-state index in [0.717, 1.165) is 19.5 Å². The second-order valence-electron chi connectivity index (χ2n) is 6.48. The Hall–Kier alpha value is -0.120. The van der Waals surface area contributed by atoms with Crippen molar-refractivity contribution in [2.75, 3.05) is 20.2 Å². The van der Waals surface area contributed by atoms with Gasteiger partial charge in [0.1, 0.15) is 0 Å². The summed E-state index contributed by atoms with van der Waals surface area (Å²) < 4.78 is 5.36. The Kier molecular flexibility index (Phi) is 3.06. The first-order valence-corrected chi connectivity index (χ1v) is 6.39. The fourth-order valence-corrected chi connectivity index (χ4v) is 3.08. The van der Waals surface area contributed by atoms with Crippen LogP contribution < -0.4 is 10.6 Å². The molecular weight excluding hydrogens is 200 g/mol. The normalized spacial score (nSPS) is 36.6. The monoisotopic (exact) mass is 226 g/mol. The highest BCUT2D eigenvalue weighted by molar-refractivity contribution is 5.17. The Balaban J connectivity index is 1.74. The molecule has 1 saturated carbocycles. The molecule has 1 aliphatic carbocycles. The fourth-order valence-electron chi connectivity index (χ4n) is 3.08. The van der Waals surface area contributed by atoms with Crippen LogP contribution >= 0.6 is 0 Å². The van der Waals surface area contributed by atoms with Gasteiger partial charge in [0.05, 0.1) is 6.10 Å². The van der Waals surface area contributed by atoms with Crippen molar-refractivity contribution in [3.8, 4) is 0 Å². The molecule has 0 aromatic heterocycles. The van der Waals surface area contributed by atoms with E-state index in [-0.39, 0.29) is 0 Å². The van der Waals surface area contributed by atoms with Crippen molar-refractivity contribution < 1.29 is 4.74 Å². The topological polar surface area (TPSA) is 33.3 Å². The second-order valence-corrected chi connectivity index (χ2v) is 6.48. The van der Waals surface area contributed by atoms with E-state index in [0.29, 0.717) is 29.0 Å². The summed E-state index contributed by atoms with van der Waals surface area (Å²) in [6.45, 7) is 11.5. The molecule has 1 heterocycles. The molecule has 0 bridgehead atoms. The Morgan fingerprint density at radius 1 is 1.25 bits per heavy atom. The highest BCUT2D eigenvalue weighted by Crippen LogP contribution is 2.62. The lowest BCUT2D eigenvalue weighted by atomic mass is 10.0. The second kappa shape index (κ2) is 3.97. The maximum Gasteiger partial charge on any atom is 0.0711 e. The van der Waals surface area contributed by atoms with Crippen molar-refractivity contribution in [2.45, 2.75) is 52.3 Å².